The van der Waals surface area contributed by atoms with Crippen LogP contribution in [0, 0.1) is 5.92 Å². The lowest BCUT2D eigenvalue weighted by Gasteiger charge is -2.20. The Kier molecular flexibility index (Phi) is 8.01. The van der Waals surface area contributed by atoms with E-state index in [-0.39, 0.29) is 11.8 Å². The maximum atomic E-state index is 12.3. The molecule has 8 heteroatoms. The van der Waals surface area contributed by atoms with Crippen molar-refractivity contribution in [1.82, 2.24) is 10.6 Å². The van der Waals surface area contributed by atoms with Gasteiger partial charge >= 0.3 is 5.97 Å². The van der Waals surface area contributed by atoms with Crippen molar-refractivity contribution in [2.75, 3.05) is 13.7 Å². The Morgan fingerprint density at radius 3 is 2.39 bits per heavy atom. The minimum atomic E-state index is -0.830. The van der Waals surface area contributed by atoms with Gasteiger partial charge in [0, 0.05) is 6.54 Å². The number of carbonyl (C=O) groups excluding carboxylic acids is 3. The first-order chi connectivity index (χ1) is 13.4. The third-order valence-corrected chi connectivity index (χ3v) is 4.82. The van der Waals surface area contributed by atoms with Crippen LogP contribution in [-0.2, 0) is 20.9 Å². The molecule has 150 valence electrons. The quantitative estimate of drug-likeness (QED) is 0.626. The average Bonchev–Trinajstić information content (AvgIpc) is 3.23. The van der Waals surface area contributed by atoms with Gasteiger partial charge in [0.25, 0.3) is 11.8 Å². The molecular weight excluding hydrogens is 380 g/mol. The molecule has 7 nitrogen and oxygen atoms in total. The van der Waals surface area contributed by atoms with Crippen molar-refractivity contribution in [2.45, 2.75) is 26.4 Å². The first-order valence-electron chi connectivity index (χ1n) is 8.81. The molecular formula is C20H24N2O5S. The minimum absolute atomic E-state index is 0.182. The van der Waals surface area contributed by atoms with Crippen LogP contribution in [0.25, 0.3) is 0 Å². The molecule has 0 bridgehead atoms. The van der Waals surface area contributed by atoms with Gasteiger partial charge in [-0.1, -0.05) is 32.0 Å². The van der Waals surface area contributed by atoms with E-state index in [9.17, 15) is 14.4 Å². The Balaban J connectivity index is 1.80. The van der Waals surface area contributed by atoms with Gasteiger partial charge in [-0.05, 0) is 35.1 Å². The number of ether oxygens (including phenoxy) is 2. The second-order valence-corrected chi connectivity index (χ2v) is 7.35. The van der Waals surface area contributed by atoms with Crippen molar-refractivity contribution in [3.63, 3.8) is 0 Å². The zero-order valence-electron chi connectivity index (χ0n) is 16.1. The fourth-order valence-electron chi connectivity index (χ4n) is 2.34. The van der Waals surface area contributed by atoms with Crippen LogP contribution in [0.15, 0.2) is 41.8 Å². The molecule has 0 spiro atoms. The Labute approximate surface area is 168 Å². The molecule has 0 unspecified atom stereocenters. The van der Waals surface area contributed by atoms with Crippen molar-refractivity contribution in [2.24, 2.45) is 5.92 Å². The summed E-state index contributed by atoms with van der Waals surface area (Å²) in [5, 5.41) is 7.13. The van der Waals surface area contributed by atoms with Gasteiger partial charge in [0.2, 0.25) is 0 Å². The molecule has 0 fully saturated rings. The van der Waals surface area contributed by atoms with E-state index in [2.05, 4.69) is 10.6 Å². The van der Waals surface area contributed by atoms with Crippen LogP contribution in [0.1, 0.15) is 29.1 Å². The molecule has 0 radical (unpaired) electrons. The van der Waals surface area contributed by atoms with E-state index in [1.165, 1.54) is 11.3 Å². The van der Waals surface area contributed by atoms with Crippen LogP contribution >= 0.6 is 11.3 Å². The molecule has 0 aliphatic carbocycles. The monoisotopic (exact) mass is 404 g/mol. The van der Waals surface area contributed by atoms with E-state index in [1.54, 1.807) is 50.6 Å². The van der Waals surface area contributed by atoms with E-state index >= 15 is 0 Å². The van der Waals surface area contributed by atoms with Gasteiger partial charge < -0.3 is 20.1 Å². The Morgan fingerprint density at radius 2 is 1.82 bits per heavy atom. The van der Waals surface area contributed by atoms with Gasteiger partial charge in [0.1, 0.15) is 11.8 Å². The number of hydrogen-bond donors (Lipinski definition) is 2. The summed E-state index contributed by atoms with van der Waals surface area (Å²) in [7, 11) is 1.58. The second-order valence-electron chi connectivity index (χ2n) is 6.40. The molecule has 2 aromatic rings. The number of hydrogen-bond acceptors (Lipinski definition) is 6. The highest BCUT2D eigenvalue weighted by Crippen LogP contribution is 2.12. The van der Waals surface area contributed by atoms with Gasteiger partial charge in [0.15, 0.2) is 6.61 Å². The summed E-state index contributed by atoms with van der Waals surface area (Å²) in [6.45, 7) is 3.49. The number of amides is 2. The molecule has 2 amide bonds. The van der Waals surface area contributed by atoms with E-state index in [0.29, 0.717) is 11.4 Å². The van der Waals surface area contributed by atoms with Gasteiger partial charge in [0.05, 0.1) is 12.0 Å². The number of nitrogens with one attached hydrogen (secondary N) is 2. The summed E-state index contributed by atoms with van der Waals surface area (Å²) in [4.78, 5) is 36.9. The Bertz CT molecular complexity index is 787. The highest BCUT2D eigenvalue weighted by Gasteiger charge is 2.27. The number of methoxy groups -OCH3 is 1. The number of esters is 1. The van der Waals surface area contributed by atoms with Crippen molar-refractivity contribution in [3.8, 4) is 5.75 Å². The fraction of sp³-hybridized carbons (Fsp3) is 0.350. The molecule has 1 aromatic carbocycles. The van der Waals surface area contributed by atoms with Crippen molar-refractivity contribution < 1.29 is 23.9 Å². The van der Waals surface area contributed by atoms with Crippen LogP contribution in [-0.4, -0.2) is 37.5 Å². The first-order valence-corrected chi connectivity index (χ1v) is 9.69. The summed E-state index contributed by atoms with van der Waals surface area (Å²) < 4.78 is 10.2. The summed E-state index contributed by atoms with van der Waals surface area (Å²) in [5.41, 5.74) is 0.892. The zero-order valence-corrected chi connectivity index (χ0v) is 16.9. The largest absolute Gasteiger partial charge is 0.497 e. The summed E-state index contributed by atoms with van der Waals surface area (Å²) >= 11 is 1.29. The van der Waals surface area contributed by atoms with Crippen LogP contribution in [0.3, 0.4) is 0 Å². The molecule has 1 aromatic heterocycles. The minimum Gasteiger partial charge on any atom is -0.497 e. The lowest BCUT2D eigenvalue weighted by molar-refractivity contribution is -0.151. The third kappa shape index (κ3) is 6.38. The standard InChI is InChI=1S/C20H24N2O5S/c1-13(2)18(22-19(24)16-5-4-10-28-16)20(25)27-12-17(23)21-11-14-6-8-15(26-3)9-7-14/h4-10,13,18H,11-12H2,1-3H3,(H,21,23)(H,22,24)/t18-/m0/s1. The van der Waals surface area contributed by atoms with E-state index in [1.807, 2.05) is 12.1 Å². The fourth-order valence-corrected chi connectivity index (χ4v) is 2.97. The predicted molar refractivity (Wildman–Crippen MR) is 106 cm³/mol. The summed E-state index contributed by atoms with van der Waals surface area (Å²) in [5.74, 6) is -0.850. The number of rotatable bonds is 9. The average molecular weight is 404 g/mol. The topological polar surface area (TPSA) is 93.7 Å². The maximum Gasteiger partial charge on any atom is 0.329 e. The van der Waals surface area contributed by atoms with Crippen molar-refractivity contribution >= 4 is 29.1 Å². The SMILES string of the molecule is COc1ccc(CNC(=O)COC(=O)[C@@H](NC(=O)c2cccs2)C(C)C)cc1. The molecule has 0 saturated carbocycles. The number of carbonyl (C=O) groups is 3. The normalized spacial score (nSPS) is 11.6. The third-order valence-electron chi connectivity index (χ3n) is 3.95. The lowest BCUT2D eigenvalue weighted by Crippen LogP contribution is -2.46. The van der Waals surface area contributed by atoms with Gasteiger partial charge in [-0.25, -0.2) is 4.79 Å². The molecule has 1 atom stereocenters. The van der Waals surface area contributed by atoms with E-state index in [0.717, 1.165) is 11.3 Å². The maximum absolute atomic E-state index is 12.3. The van der Waals surface area contributed by atoms with Crippen molar-refractivity contribution in [1.29, 1.82) is 0 Å². The smallest absolute Gasteiger partial charge is 0.329 e. The highest BCUT2D eigenvalue weighted by atomic mass is 32.1. The van der Waals surface area contributed by atoms with Gasteiger partial charge in [-0.3, -0.25) is 9.59 Å². The first kappa shape index (κ1) is 21.4. The molecule has 2 rings (SSSR count). The molecule has 1 heterocycles. The summed E-state index contributed by atoms with van der Waals surface area (Å²) in [6.07, 6.45) is 0. The summed E-state index contributed by atoms with van der Waals surface area (Å²) in [6, 6.07) is 9.87. The molecule has 0 aliphatic rings. The van der Waals surface area contributed by atoms with Crippen LogP contribution in [0.5, 0.6) is 5.75 Å². The highest BCUT2D eigenvalue weighted by molar-refractivity contribution is 7.12. The molecule has 0 saturated heterocycles. The van der Waals surface area contributed by atoms with E-state index in [4.69, 9.17) is 9.47 Å². The van der Waals surface area contributed by atoms with Crippen LogP contribution in [0.2, 0.25) is 0 Å². The lowest BCUT2D eigenvalue weighted by atomic mass is 10.0. The van der Waals surface area contributed by atoms with Crippen LogP contribution in [0.4, 0.5) is 0 Å². The Morgan fingerprint density at radius 1 is 1.11 bits per heavy atom. The van der Waals surface area contributed by atoms with Crippen molar-refractivity contribution in [3.05, 3.63) is 52.2 Å². The molecule has 2 N–H and O–H groups in total. The predicted octanol–water partition coefficient (Wildman–Crippen LogP) is 2.37. The van der Waals surface area contributed by atoms with Gasteiger partial charge in [-0.2, -0.15) is 0 Å². The number of thiophene rings is 1. The Hall–Kier alpha value is -2.87. The van der Waals surface area contributed by atoms with E-state index < -0.39 is 24.5 Å². The number of benzene rings is 1. The van der Waals surface area contributed by atoms with Gasteiger partial charge in [-0.15, -0.1) is 11.3 Å². The zero-order chi connectivity index (χ0) is 20.5. The second kappa shape index (κ2) is 10.5. The van der Waals surface area contributed by atoms with Crippen LogP contribution < -0.4 is 15.4 Å². The molecule has 28 heavy (non-hydrogen) atoms. The molecule has 0 aliphatic heterocycles.